The van der Waals surface area contributed by atoms with Crippen LogP contribution in [0.1, 0.15) is 30.9 Å². The smallest absolute Gasteiger partial charge is 0.150 e. The summed E-state index contributed by atoms with van der Waals surface area (Å²) in [5.41, 5.74) is 2.00. The lowest BCUT2D eigenvalue weighted by Gasteiger charge is -2.08. The van der Waals surface area contributed by atoms with E-state index in [0.29, 0.717) is 25.3 Å². The average molecular weight is 329 g/mol. The fraction of sp³-hybridized carbons (Fsp3) is 0.500. The number of ether oxygens (including phenoxy) is 1. The number of benzene rings is 1. The van der Waals surface area contributed by atoms with Gasteiger partial charge >= 0.3 is 0 Å². The lowest BCUT2D eigenvalue weighted by Crippen LogP contribution is -2.11. The predicted molar refractivity (Wildman–Crippen MR) is 87.8 cm³/mol. The maximum absolute atomic E-state index is 11.4. The molecule has 0 amide bonds. The van der Waals surface area contributed by atoms with Crippen molar-refractivity contribution in [3.05, 3.63) is 29.3 Å². The second-order valence-corrected chi connectivity index (χ2v) is 7.51. The first-order chi connectivity index (χ1) is 9.98. The normalized spacial score (nSPS) is 10.8. The molecule has 0 unspecified atom stereocenters. The van der Waals surface area contributed by atoms with Crippen LogP contribution in [-0.2, 0) is 9.84 Å². The van der Waals surface area contributed by atoms with Crippen LogP contribution in [0.3, 0.4) is 0 Å². The van der Waals surface area contributed by atoms with Gasteiger partial charge in [-0.1, -0.05) is 18.8 Å². The van der Waals surface area contributed by atoms with Gasteiger partial charge in [-0.05, 0) is 37.1 Å². The van der Waals surface area contributed by atoms with Gasteiger partial charge in [0.15, 0.2) is 0 Å². The van der Waals surface area contributed by atoms with E-state index in [4.69, 9.17) is 16.3 Å². The summed E-state index contributed by atoms with van der Waals surface area (Å²) >= 11 is 5.58. The monoisotopic (exact) mass is 328 g/mol. The fourth-order valence-corrected chi connectivity index (χ4v) is 2.63. The van der Waals surface area contributed by atoms with E-state index in [1.54, 1.807) is 6.92 Å². The Morgan fingerprint density at radius 2 is 2.10 bits per heavy atom. The molecule has 0 N–H and O–H groups in total. The summed E-state index contributed by atoms with van der Waals surface area (Å²) < 4.78 is 28.3. The van der Waals surface area contributed by atoms with Crippen molar-refractivity contribution in [3.63, 3.8) is 0 Å². The Morgan fingerprint density at radius 1 is 1.33 bits per heavy atom. The van der Waals surface area contributed by atoms with Gasteiger partial charge in [0.1, 0.15) is 15.6 Å². The molecule has 0 aliphatic rings. The Hall–Kier alpha value is -1.18. The van der Waals surface area contributed by atoms with E-state index < -0.39 is 9.84 Å². The Labute approximate surface area is 132 Å². The summed E-state index contributed by atoms with van der Waals surface area (Å²) in [5.74, 6) is 7.69. The largest absolute Gasteiger partial charge is 0.494 e. The average Bonchev–Trinajstić information content (AvgIpc) is 2.46. The maximum Gasteiger partial charge on any atom is 0.150 e. The van der Waals surface area contributed by atoms with Gasteiger partial charge in [0, 0.05) is 23.6 Å². The lowest BCUT2D eigenvalue weighted by molar-refractivity contribution is 0.317. The first-order valence-electron chi connectivity index (χ1n) is 6.97. The molecular formula is C16H21ClO3S. The molecular weight excluding hydrogens is 308 g/mol. The number of sulfone groups is 1. The van der Waals surface area contributed by atoms with E-state index in [9.17, 15) is 8.42 Å². The van der Waals surface area contributed by atoms with Crippen molar-refractivity contribution in [2.24, 2.45) is 0 Å². The highest BCUT2D eigenvalue weighted by atomic mass is 35.5. The fourth-order valence-electron chi connectivity index (χ4n) is 1.68. The third-order valence-corrected chi connectivity index (χ3v) is 4.93. The number of rotatable bonds is 7. The molecule has 0 aliphatic carbocycles. The second kappa shape index (κ2) is 8.96. The topological polar surface area (TPSA) is 43.4 Å². The van der Waals surface area contributed by atoms with Crippen molar-refractivity contribution in [2.75, 3.05) is 24.0 Å². The van der Waals surface area contributed by atoms with Crippen molar-refractivity contribution >= 4 is 21.4 Å². The zero-order valence-corrected chi connectivity index (χ0v) is 14.1. The Balaban J connectivity index is 2.51. The quantitative estimate of drug-likeness (QED) is 0.438. The van der Waals surface area contributed by atoms with E-state index in [-0.39, 0.29) is 11.5 Å². The first-order valence-corrected chi connectivity index (χ1v) is 9.33. The van der Waals surface area contributed by atoms with Crippen molar-refractivity contribution in [1.82, 2.24) is 0 Å². The van der Waals surface area contributed by atoms with E-state index in [1.165, 1.54) is 0 Å². The van der Waals surface area contributed by atoms with Crippen LogP contribution in [0.25, 0.3) is 0 Å². The van der Waals surface area contributed by atoms with Crippen LogP contribution < -0.4 is 4.74 Å². The van der Waals surface area contributed by atoms with Crippen molar-refractivity contribution in [2.45, 2.75) is 26.7 Å². The molecule has 0 saturated carbocycles. The molecule has 3 nitrogen and oxygen atoms in total. The number of alkyl halides is 1. The minimum atomic E-state index is -2.91. The van der Waals surface area contributed by atoms with Gasteiger partial charge in [-0.2, -0.15) is 0 Å². The third-order valence-electron chi connectivity index (χ3n) is 2.95. The second-order valence-electron chi connectivity index (χ2n) is 4.66. The molecule has 0 spiro atoms. The van der Waals surface area contributed by atoms with E-state index in [1.807, 2.05) is 25.1 Å². The minimum absolute atomic E-state index is 0.171. The van der Waals surface area contributed by atoms with Crippen LogP contribution >= 0.6 is 11.6 Å². The third kappa shape index (κ3) is 6.88. The highest BCUT2D eigenvalue weighted by Gasteiger charge is 2.06. The van der Waals surface area contributed by atoms with Gasteiger partial charge < -0.3 is 4.74 Å². The van der Waals surface area contributed by atoms with Crippen molar-refractivity contribution < 1.29 is 13.2 Å². The molecule has 1 aromatic rings. The molecule has 5 heteroatoms. The van der Waals surface area contributed by atoms with Crippen LogP contribution in [0, 0.1) is 18.8 Å². The molecule has 0 radical (unpaired) electrons. The van der Waals surface area contributed by atoms with Crippen LogP contribution in [0.4, 0.5) is 0 Å². The summed E-state index contributed by atoms with van der Waals surface area (Å²) in [7, 11) is -2.91. The summed E-state index contributed by atoms with van der Waals surface area (Å²) in [6.07, 6.45) is 1.18. The van der Waals surface area contributed by atoms with Gasteiger partial charge in [-0.3, -0.25) is 0 Å². The summed E-state index contributed by atoms with van der Waals surface area (Å²) in [4.78, 5) is 0. The first kappa shape index (κ1) is 17.9. The van der Waals surface area contributed by atoms with E-state index >= 15 is 0 Å². The molecule has 21 heavy (non-hydrogen) atoms. The SMILES string of the molecule is CCS(=O)(=O)CCCOc1ccc(C#CCCCl)c(C)c1. The molecule has 0 fully saturated rings. The number of halogens is 1. The molecule has 0 heterocycles. The number of hydrogen-bond acceptors (Lipinski definition) is 3. The molecule has 1 aromatic carbocycles. The summed E-state index contributed by atoms with van der Waals surface area (Å²) in [6, 6.07) is 5.68. The van der Waals surface area contributed by atoms with Gasteiger partial charge in [0.05, 0.1) is 12.4 Å². The Bertz CT molecular complexity index is 612. The molecule has 116 valence electrons. The van der Waals surface area contributed by atoms with Crippen molar-refractivity contribution in [3.8, 4) is 17.6 Å². The molecule has 1 rings (SSSR count). The van der Waals surface area contributed by atoms with E-state index in [0.717, 1.165) is 16.9 Å². The molecule has 0 aromatic heterocycles. The van der Waals surface area contributed by atoms with Crippen LogP contribution in [0.2, 0.25) is 0 Å². The minimum Gasteiger partial charge on any atom is -0.494 e. The lowest BCUT2D eigenvalue weighted by atomic mass is 10.1. The molecule has 0 atom stereocenters. The van der Waals surface area contributed by atoms with Crippen LogP contribution in [0.15, 0.2) is 18.2 Å². The standard InChI is InChI=1S/C16H21ClO3S/c1-3-21(18,19)12-6-11-20-16-9-8-15(14(2)13-16)7-4-5-10-17/h8-9,13H,3,5-6,10-12H2,1-2H3. The van der Waals surface area contributed by atoms with Gasteiger partial charge in [-0.25, -0.2) is 8.42 Å². The van der Waals surface area contributed by atoms with Crippen LogP contribution in [-0.4, -0.2) is 32.4 Å². The Morgan fingerprint density at radius 3 is 2.71 bits per heavy atom. The highest BCUT2D eigenvalue weighted by Crippen LogP contribution is 2.17. The number of hydrogen-bond donors (Lipinski definition) is 0. The van der Waals surface area contributed by atoms with Gasteiger partial charge in [0.25, 0.3) is 0 Å². The summed E-state index contributed by atoms with van der Waals surface area (Å²) in [5, 5.41) is 0. The van der Waals surface area contributed by atoms with Gasteiger partial charge in [-0.15, -0.1) is 11.6 Å². The Kier molecular flexibility index (Phi) is 7.63. The van der Waals surface area contributed by atoms with Crippen LogP contribution in [0.5, 0.6) is 5.75 Å². The zero-order chi connectivity index (χ0) is 15.7. The van der Waals surface area contributed by atoms with Crippen molar-refractivity contribution in [1.29, 1.82) is 0 Å². The maximum atomic E-state index is 11.4. The summed E-state index contributed by atoms with van der Waals surface area (Å²) in [6.45, 7) is 4.03. The molecule has 0 saturated heterocycles. The predicted octanol–water partition coefficient (Wildman–Crippen LogP) is 3.18. The number of aryl methyl sites for hydroxylation is 1. The molecule has 0 bridgehead atoms. The van der Waals surface area contributed by atoms with E-state index in [2.05, 4.69) is 11.8 Å². The molecule has 0 aliphatic heterocycles. The van der Waals surface area contributed by atoms with Gasteiger partial charge in [0.2, 0.25) is 0 Å². The highest BCUT2D eigenvalue weighted by molar-refractivity contribution is 7.91. The zero-order valence-electron chi connectivity index (χ0n) is 12.5.